The van der Waals surface area contributed by atoms with Crippen molar-refractivity contribution >= 4 is 39.9 Å². The van der Waals surface area contributed by atoms with E-state index < -0.39 is 0 Å². The van der Waals surface area contributed by atoms with E-state index in [9.17, 15) is 9.18 Å². The van der Waals surface area contributed by atoms with Gasteiger partial charge in [0.05, 0.1) is 11.0 Å². The van der Waals surface area contributed by atoms with Crippen LogP contribution in [-0.4, -0.2) is 27.0 Å². The number of benzene rings is 1. The highest BCUT2D eigenvalue weighted by Gasteiger charge is 2.14. The van der Waals surface area contributed by atoms with Gasteiger partial charge in [-0.05, 0) is 12.1 Å². The number of hydrogen-bond donors (Lipinski definition) is 1. The molecule has 0 aliphatic heterocycles. The summed E-state index contributed by atoms with van der Waals surface area (Å²) in [7, 11) is 1.83. The van der Waals surface area contributed by atoms with E-state index in [0.717, 1.165) is 5.52 Å². The Hall–Kier alpha value is -1.99. The van der Waals surface area contributed by atoms with Crippen molar-refractivity contribution in [2.75, 3.05) is 6.54 Å². The topological polar surface area (TPSA) is 59.8 Å². The molecule has 0 saturated heterocycles. The van der Waals surface area contributed by atoms with Crippen molar-refractivity contribution in [2.45, 2.75) is 6.42 Å². The summed E-state index contributed by atoms with van der Waals surface area (Å²) in [6.07, 6.45) is 0.493. The van der Waals surface area contributed by atoms with E-state index in [1.165, 1.54) is 22.9 Å². The van der Waals surface area contributed by atoms with Crippen LogP contribution in [0.15, 0.2) is 23.7 Å². The number of carbonyl (C=O) groups excluding carboxylic acids is 1. The van der Waals surface area contributed by atoms with Crippen LogP contribution in [0.4, 0.5) is 4.39 Å². The fourth-order valence-corrected chi connectivity index (χ4v) is 3.12. The first-order valence-corrected chi connectivity index (χ1v) is 7.80. The first kappa shape index (κ1) is 14.9. The lowest BCUT2D eigenvalue weighted by Crippen LogP contribution is -2.25. The quantitative estimate of drug-likeness (QED) is 0.795. The molecule has 0 radical (unpaired) electrons. The number of carbonyl (C=O) groups is 1. The van der Waals surface area contributed by atoms with Gasteiger partial charge in [-0.25, -0.2) is 14.4 Å². The highest BCUT2D eigenvalue weighted by molar-refractivity contribution is 7.12. The normalized spacial score (nSPS) is 11.0. The Kier molecular flexibility index (Phi) is 4.08. The fraction of sp³-hybridized carbons (Fsp3) is 0.214. The lowest BCUT2D eigenvalue weighted by molar-refractivity contribution is 0.0958. The van der Waals surface area contributed by atoms with E-state index in [1.54, 1.807) is 6.07 Å². The Bertz CT molecular complexity index is 845. The number of amides is 1. The fourth-order valence-electron chi connectivity index (χ4n) is 2.20. The predicted molar refractivity (Wildman–Crippen MR) is 83.8 cm³/mol. The molecular formula is C14H12ClFN4OS. The molecule has 0 spiro atoms. The third-order valence-electron chi connectivity index (χ3n) is 3.32. The summed E-state index contributed by atoms with van der Waals surface area (Å²) in [5.74, 6) is 0.0908. The van der Waals surface area contributed by atoms with Crippen molar-refractivity contribution in [1.29, 1.82) is 0 Å². The van der Waals surface area contributed by atoms with E-state index in [1.807, 2.05) is 17.7 Å². The number of aromatic nitrogens is 3. The van der Waals surface area contributed by atoms with Crippen molar-refractivity contribution in [3.05, 3.63) is 45.4 Å². The minimum atomic E-state index is -0.347. The highest BCUT2D eigenvalue weighted by atomic mass is 35.5. The van der Waals surface area contributed by atoms with Crippen LogP contribution in [0.2, 0.25) is 5.15 Å². The predicted octanol–water partition coefficient (Wildman–Crippen LogP) is 2.79. The Morgan fingerprint density at radius 1 is 1.50 bits per heavy atom. The number of nitrogens with one attached hydrogen (secondary N) is 1. The van der Waals surface area contributed by atoms with Crippen LogP contribution < -0.4 is 5.32 Å². The van der Waals surface area contributed by atoms with Gasteiger partial charge in [-0.2, -0.15) is 0 Å². The van der Waals surface area contributed by atoms with Gasteiger partial charge in [0.2, 0.25) is 0 Å². The maximum Gasteiger partial charge on any atom is 0.264 e. The van der Waals surface area contributed by atoms with E-state index in [4.69, 9.17) is 11.6 Å². The molecule has 3 rings (SSSR count). The summed E-state index contributed by atoms with van der Waals surface area (Å²) in [6, 6.07) is 4.84. The minimum Gasteiger partial charge on any atom is -0.351 e. The lowest BCUT2D eigenvalue weighted by Gasteiger charge is -2.04. The van der Waals surface area contributed by atoms with Crippen LogP contribution in [-0.2, 0) is 13.5 Å². The summed E-state index contributed by atoms with van der Waals surface area (Å²) < 4.78 is 15.5. The second-order valence-corrected chi connectivity index (χ2v) is 5.89. The number of halogens is 2. The minimum absolute atomic E-state index is 0.201. The summed E-state index contributed by atoms with van der Waals surface area (Å²) >= 11 is 6.99. The number of thiazole rings is 1. The van der Waals surface area contributed by atoms with Crippen molar-refractivity contribution in [2.24, 2.45) is 7.05 Å². The average molecular weight is 339 g/mol. The van der Waals surface area contributed by atoms with E-state index in [0.29, 0.717) is 29.2 Å². The van der Waals surface area contributed by atoms with Gasteiger partial charge in [-0.3, -0.25) is 4.79 Å². The average Bonchev–Trinajstić information content (AvgIpc) is 3.05. The molecule has 0 unspecified atom stereocenters. The molecule has 0 aliphatic carbocycles. The van der Waals surface area contributed by atoms with Crippen LogP contribution in [0, 0.1) is 5.82 Å². The van der Waals surface area contributed by atoms with Crippen molar-refractivity contribution < 1.29 is 9.18 Å². The van der Waals surface area contributed by atoms with Crippen LogP contribution in [0.3, 0.4) is 0 Å². The number of nitrogens with zero attached hydrogens (tertiary/aromatic N) is 3. The molecule has 3 aromatic rings. The molecule has 114 valence electrons. The van der Waals surface area contributed by atoms with E-state index >= 15 is 0 Å². The van der Waals surface area contributed by atoms with E-state index in [-0.39, 0.29) is 16.9 Å². The summed E-state index contributed by atoms with van der Waals surface area (Å²) in [5, 5.41) is 2.96. The molecule has 1 amide bonds. The number of para-hydroxylation sites is 1. The van der Waals surface area contributed by atoms with E-state index in [2.05, 4.69) is 15.3 Å². The molecule has 22 heavy (non-hydrogen) atoms. The maximum atomic E-state index is 13.7. The number of aryl methyl sites for hydroxylation is 1. The zero-order chi connectivity index (χ0) is 15.7. The molecule has 2 heterocycles. The Morgan fingerprint density at radius 3 is 3.00 bits per heavy atom. The molecule has 1 aromatic carbocycles. The van der Waals surface area contributed by atoms with Crippen molar-refractivity contribution in [3.8, 4) is 0 Å². The molecule has 8 heteroatoms. The second-order valence-electron chi connectivity index (χ2n) is 4.67. The molecule has 2 aromatic heterocycles. The molecule has 5 nitrogen and oxygen atoms in total. The number of hydrogen-bond acceptors (Lipinski definition) is 4. The largest absolute Gasteiger partial charge is 0.351 e. The second kappa shape index (κ2) is 6.02. The smallest absolute Gasteiger partial charge is 0.264 e. The number of fused-ring (bicyclic) bond motifs is 1. The van der Waals surface area contributed by atoms with Crippen molar-refractivity contribution in [3.63, 3.8) is 0 Å². The third kappa shape index (κ3) is 2.69. The van der Waals surface area contributed by atoms with Gasteiger partial charge in [-0.15, -0.1) is 11.3 Å². The zero-order valence-corrected chi connectivity index (χ0v) is 13.2. The third-order valence-corrected chi connectivity index (χ3v) is 4.54. The molecule has 0 saturated carbocycles. The van der Waals surface area contributed by atoms with Gasteiger partial charge in [-0.1, -0.05) is 17.7 Å². The van der Waals surface area contributed by atoms with Gasteiger partial charge in [0, 0.05) is 20.0 Å². The zero-order valence-electron chi connectivity index (χ0n) is 11.6. The molecule has 1 N–H and O–H groups in total. The van der Waals surface area contributed by atoms with Crippen LogP contribution in [0.1, 0.15) is 15.5 Å². The summed E-state index contributed by atoms with van der Waals surface area (Å²) in [4.78, 5) is 20.4. The molecule has 0 atom stereocenters. The van der Waals surface area contributed by atoms with Crippen LogP contribution in [0.5, 0.6) is 0 Å². The highest BCUT2D eigenvalue weighted by Crippen LogP contribution is 2.19. The van der Waals surface area contributed by atoms with Gasteiger partial charge in [0.1, 0.15) is 16.2 Å². The number of rotatable bonds is 4. The Balaban J connectivity index is 1.70. The maximum absolute atomic E-state index is 13.7. The summed E-state index contributed by atoms with van der Waals surface area (Å²) in [5.41, 5.74) is 2.59. The molecular weight excluding hydrogens is 327 g/mol. The Morgan fingerprint density at radius 2 is 2.32 bits per heavy atom. The van der Waals surface area contributed by atoms with Crippen LogP contribution in [0.25, 0.3) is 11.0 Å². The summed E-state index contributed by atoms with van der Waals surface area (Å²) in [6.45, 7) is 0.381. The standard InChI is InChI=1S/C14H12ClFN4OS/c1-20-9-4-2-3-8(16)11(9)19-10(20)5-6-17-14(21)12-13(15)18-7-22-12/h2-4,7H,5-6H2,1H3,(H,17,21). The Labute approximate surface area is 134 Å². The first-order valence-electron chi connectivity index (χ1n) is 6.55. The van der Waals surface area contributed by atoms with Crippen LogP contribution >= 0.6 is 22.9 Å². The monoisotopic (exact) mass is 338 g/mol. The number of imidazole rings is 1. The van der Waals surface area contributed by atoms with Gasteiger partial charge in [0.25, 0.3) is 5.91 Å². The van der Waals surface area contributed by atoms with Crippen molar-refractivity contribution in [1.82, 2.24) is 19.9 Å². The SMILES string of the molecule is Cn1c(CCNC(=O)c2scnc2Cl)nc2c(F)cccc21. The van der Waals surface area contributed by atoms with Gasteiger partial charge < -0.3 is 9.88 Å². The lowest BCUT2D eigenvalue weighted by atomic mass is 10.3. The molecule has 0 aliphatic rings. The van der Waals surface area contributed by atoms with Gasteiger partial charge >= 0.3 is 0 Å². The van der Waals surface area contributed by atoms with Gasteiger partial charge in [0.15, 0.2) is 11.0 Å². The molecule has 0 fully saturated rings. The first-order chi connectivity index (χ1) is 10.6. The molecule has 0 bridgehead atoms.